The van der Waals surface area contributed by atoms with Crippen molar-refractivity contribution < 1.29 is 22.3 Å². The van der Waals surface area contributed by atoms with Crippen molar-refractivity contribution in [3.8, 4) is 5.75 Å². The van der Waals surface area contributed by atoms with Gasteiger partial charge in [0.1, 0.15) is 17.1 Å². The summed E-state index contributed by atoms with van der Waals surface area (Å²) in [7, 11) is -2.12. The number of carbonyl (C=O) groups excluding carboxylic acids is 1. The molecule has 7 nitrogen and oxygen atoms in total. The maximum absolute atomic E-state index is 13.3. The number of sulfone groups is 1. The van der Waals surface area contributed by atoms with Gasteiger partial charge in [0.25, 0.3) is 0 Å². The van der Waals surface area contributed by atoms with Gasteiger partial charge in [-0.3, -0.25) is 14.7 Å². The van der Waals surface area contributed by atoms with E-state index < -0.39 is 15.7 Å². The molecule has 0 aliphatic carbocycles. The predicted octanol–water partition coefficient (Wildman–Crippen LogP) is 5.28. The molecule has 0 saturated heterocycles. The van der Waals surface area contributed by atoms with E-state index in [4.69, 9.17) is 16.3 Å². The van der Waals surface area contributed by atoms with Crippen LogP contribution in [0.15, 0.2) is 65.8 Å². The molecule has 0 bridgehead atoms. The van der Waals surface area contributed by atoms with E-state index in [0.29, 0.717) is 26.1 Å². The Labute approximate surface area is 211 Å². The summed E-state index contributed by atoms with van der Waals surface area (Å²) in [6.07, 6.45) is 3.34. The Morgan fingerprint density at radius 2 is 1.83 bits per heavy atom. The van der Waals surface area contributed by atoms with Gasteiger partial charge in [-0.05, 0) is 60.5 Å². The number of thiazole rings is 1. The Hall–Kier alpha value is -3.08. The highest BCUT2D eigenvalue weighted by Gasteiger charge is 2.23. The van der Waals surface area contributed by atoms with Crippen molar-refractivity contribution in [3.05, 3.63) is 77.3 Å². The van der Waals surface area contributed by atoms with E-state index in [9.17, 15) is 17.6 Å². The fourth-order valence-electron chi connectivity index (χ4n) is 3.46. The average molecular weight is 534 g/mol. The molecule has 1 amide bonds. The number of amides is 1. The smallest absolute Gasteiger partial charge is 0.229 e. The first-order valence-electron chi connectivity index (χ1n) is 10.6. The summed E-state index contributed by atoms with van der Waals surface area (Å²) in [5.74, 6) is -0.509. The highest BCUT2D eigenvalue weighted by molar-refractivity contribution is 7.91. The van der Waals surface area contributed by atoms with Crippen LogP contribution >= 0.6 is 22.9 Å². The number of methoxy groups -OCH3 is 1. The molecule has 0 saturated carbocycles. The first-order chi connectivity index (χ1) is 16.8. The monoisotopic (exact) mass is 533 g/mol. The number of hydrogen-bond acceptors (Lipinski definition) is 7. The third-order valence-corrected chi connectivity index (χ3v) is 8.62. The van der Waals surface area contributed by atoms with Crippen LogP contribution < -0.4 is 9.64 Å². The molecule has 0 atom stereocenters. The number of rotatable bonds is 9. The minimum atomic E-state index is -3.65. The molecule has 4 aromatic rings. The molecule has 182 valence electrons. The lowest BCUT2D eigenvalue weighted by Gasteiger charge is -2.20. The normalized spacial score (nSPS) is 11.5. The van der Waals surface area contributed by atoms with Crippen molar-refractivity contribution in [3.63, 3.8) is 0 Å². The van der Waals surface area contributed by atoms with Gasteiger partial charge in [-0.15, -0.1) is 0 Å². The second kappa shape index (κ2) is 10.7. The van der Waals surface area contributed by atoms with Gasteiger partial charge < -0.3 is 4.74 Å². The summed E-state index contributed by atoms with van der Waals surface area (Å²) in [4.78, 5) is 23.5. The van der Waals surface area contributed by atoms with Crippen molar-refractivity contribution in [2.75, 3.05) is 17.8 Å². The number of fused-ring (bicyclic) bond motifs is 1. The van der Waals surface area contributed by atoms with Crippen LogP contribution in [0.2, 0.25) is 5.02 Å². The van der Waals surface area contributed by atoms with Crippen molar-refractivity contribution in [1.82, 2.24) is 9.97 Å². The minimum absolute atomic E-state index is 0.0212. The first-order valence-corrected chi connectivity index (χ1v) is 13.4. The van der Waals surface area contributed by atoms with E-state index >= 15 is 0 Å². The highest BCUT2D eigenvalue weighted by Crippen LogP contribution is 2.39. The van der Waals surface area contributed by atoms with Gasteiger partial charge in [-0.1, -0.05) is 22.9 Å². The zero-order chi connectivity index (χ0) is 25.0. The van der Waals surface area contributed by atoms with E-state index in [0.717, 1.165) is 17.7 Å². The number of ether oxygens (including phenoxy) is 1. The Balaban J connectivity index is 1.57. The third-order valence-electron chi connectivity index (χ3n) is 5.27. The molecule has 0 spiro atoms. The van der Waals surface area contributed by atoms with Crippen LogP contribution in [0.25, 0.3) is 10.2 Å². The number of carbonyl (C=O) groups is 1. The Bertz CT molecular complexity index is 1450. The van der Waals surface area contributed by atoms with E-state index in [-0.39, 0.29) is 35.9 Å². The molecular formula is C24H21ClFN3O4S2. The molecule has 0 aliphatic rings. The molecule has 0 radical (unpaired) electrons. The van der Waals surface area contributed by atoms with Crippen molar-refractivity contribution in [1.29, 1.82) is 0 Å². The molecule has 0 N–H and O–H groups in total. The fourth-order valence-corrected chi connectivity index (χ4v) is 6.05. The molecule has 0 fully saturated rings. The second-order valence-corrected chi connectivity index (χ2v) is 11.1. The van der Waals surface area contributed by atoms with Crippen LogP contribution in [0.5, 0.6) is 5.75 Å². The summed E-state index contributed by atoms with van der Waals surface area (Å²) >= 11 is 7.62. The number of aromatic nitrogens is 2. The average Bonchev–Trinajstić information content (AvgIpc) is 3.30. The van der Waals surface area contributed by atoms with Crippen LogP contribution in [0, 0.1) is 5.82 Å². The quantitative estimate of drug-likeness (QED) is 0.272. The van der Waals surface area contributed by atoms with Gasteiger partial charge >= 0.3 is 0 Å². The Morgan fingerprint density at radius 3 is 2.51 bits per heavy atom. The van der Waals surface area contributed by atoms with Gasteiger partial charge in [0.2, 0.25) is 5.91 Å². The van der Waals surface area contributed by atoms with Crippen molar-refractivity contribution in [2.45, 2.75) is 24.3 Å². The standard InChI is InChI=1S/C24H21ClFN3O4S2/c1-33-20-9-8-19(25)23-22(20)28-24(34-23)29(15-16-10-12-27-13-11-16)21(30)3-2-14-35(31,32)18-6-4-17(26)5-7-18/h4-13H,2-3,14-15H2,1H3. The zero-order valence-electron chi connectivity index (χ0n) is 18.6. The van der Waals surface area contributed by atoms with Gasteiger partial charge in [0.15, 0.2) is 15.0 Å². The first kappa shape index (κ1) is 25.0. The number of pyridine rings is 1. The van der Waals surface area contributed by atoms with Crippen LogP contribution in [0.1, 0.15) is 18.4 Å². The molecule has 0 aliphatic heterocycles. The number of nitrogens with zero attached hydrogens (tertiary/aromatic N) is 3. The molecule has 2 heterocycles. The Morgan fingerprint density at radius 1 is 1.11 bits per heavy atom. The van der Waals surface area contributed by atoms with Crippen LogP contribution in [-0.4, -0.2) is 37.2 Å². The van der Waals surface area contributed by atoms with Gasteiger partial charge in [-0.25, -0.2) is 17.8 Å². The lowest BCUT2D eigenvalue weighted by atomic mass is 10.2. The van der Waals surface area contributed by atoms with Gasteiger partial charge in [0.05, 0.1) is 34.0 Å². The predicted molar refractivity (Wildman–Crippen MR) is 134 cm³/mol. The molecule has 35 heavy (non-hydrogen) atoms. The van der Waals surface area contributed by atoms with E-state index in [1.165, 1.54) is 35.5 Å². The minimum Gasteiger partial charge on any atom is -0.494 e. The van der Waals surface area contributed by atoms with Crippen LogP contribution in [0.4, 0.5) is 9.52 Å². The third kappa shape index (κ3) is 5.77. The summed E-state index contributed by atoms with van der Waals surface area (Å²) < 4.78 is 44.4. The van der Waals surface area contributed by atoms with Crippen molar-refractivity contribution >= 4 is 54.0 Å². The number of benzene rings is 2. The lowest BCUT2D eigenvalue weighted by Crippen LogP contribution is -2.30. The maximum atomic E-state index is 13.3. The Kier molecular flexibility index (Phi) is 7.63. The second-order valence-electron chi connectivity index (χ2n) is 7.64. The van der Waals surface area contributed by atoms with Gasteiger partial charge in [0, 0.05) is 18.8 Å². The van der Waals surface area contributed by atoms with E-state index in [1.807, 2.05) is 0 Å². The molecule has 11 heteroatoms. The summed E-state index contributed by atoms with van der Waals surface area (Å²) in [6.45, 7) is 0.228. The molecular weight excluding hydrogens is 513 g/mol. The topological polar surface area (TPSA) is 89.5 Å². The lowest BCUT2D eigenvalue weighted by molar-refractivity contribution is -0.118. The molecule has 0 unspecified atom stereocenters. The highest BCUT2D eigenvalue weighted by atomic mass is 35.5. The SMILES string of the molecule is COc1ccc(Cl)c2sc(N(Cc3ccncc3)C(=O)CCCS(=O)(=O)c3ccc(F)cc3)nc12. The van der Waals surface area contributed by atoms with Gasteiger partial charge in [-0.2, -0.15) is 0 Å². The number of hydrogen-bond donors (Lipinski definition) is 0. The number of anilines is 1. The summed E-state index contributed by atoms with van der Waals surface area (Å²) in [5.41, 5.74) is 1.39. The molecule has 2 aromatic heterocycles. The zero-order valence-corrected chi connectivity index (χ0v) is 21.0. The fraction of sp³-hybridized carbons (Fsp3) is 0.208. The summed E-state index contributed by atoms with van der Waals surface area (Å²) in [5, 5.41) is 0.917. The molecule has 2 aromatic carbocycles. The van der Waals surface area contributed by atoms with Crippen LogP contribution in [0.3, 0.4) is 0 Å². The van der Waals surface area contributed by atoms with E-state index in [1.54, 1.807) is 36.7 Å². The molecule has 4 rings (SSSR count). The largest absolute Gasteiger partial charge is 0.494 e. The number of halogens is 2. The summed E-state index contributed by atoms with van der Waals surface area (Å²) in [6, 6.07) is 11.6. The van der Waals surface area contributed by atoms with E-state index in [2.05, 4.69) is 9.97 Å². The van der Waals surface area contributed by atoms with Crippen LogP contribution in [-0.2, 0) is 21.2 Å². The van der Waals surface area contributed by atoms with Crippen molar-refractivity contribution in [2.24, 2.45) is 0 Å². The maximum Gasteiger partial charge on any atom is 0.229 e.